The molecule has 1 aromatic rings. The zero-order chi connectivity index (χ0) is 15.8. The first-order valence-electron chi connectivity index (χ1n) is 7.23. The lowest BCUT2D eigenvalue weighted by Crippen LogP contribution is -2.38. The van der Waals surface area contributed by atoms with Gasteiger partial charge in [0.15, 0.2) is 6.10 Å². The molecule has 0 bridgehead atoms. The maximum Gasteiger partial charge on any atom is 0.260 e. The smallest absolute Gasteiger partial charge is 0.260 e. The molecule has 0 spiro atoms. The maximum absolute atomic E-state index is 12.0. The quantitative estimate of drug-likeness (QED) is 0.769. The first-order valence-corrected chi connectivity index (χ1v) is 7.23. The van der Waals surface area contributed by atoms with Crippen molar-refractivity contribution in [3.8, 4) is 11.5 Å². The van der Waals surface area contributed by atoms with E-state index in [0.29, 0.717) is 24.8 Å². The lowest BCUT2D eigenvalue weighted by atomic mass is 10.2. The van der Waals surface area contributed by atoms with Gasteiger partial charge in [-0.15, -0.1) is 0 Å². The van der Waals surface area contributed by atoms with Crippen LogP contribution in [0.2, 0.25) is 0 Å². The summed E-state index contributed by atoms with van der Waals surface area (Å²) in [6.07, 6.45) is -0.534. The molecule has 0 saturated carbocycles. The van der Waals surface area contributed by atoms with Crippen LogP contribution in [0.4, 0.5) is 0 Å². The maximum atomic E-state index is 12.0. The number of amides is 1. The molecule has 21 heavy (non-hydrogen) atoms. The van der Waals surface area contributed by atoms with Crippen LogP contribution in [0, 0.1) is 5.92 Å². The van der Waals surface area contributed by atoms with Crippen molar-refractivity contribution in [1.29, 1.82) is 0 Å². The number of carbonyl (C=O) groups is 1. The predicted molar refractivity (Wildman–Crippen MR) is 83.7 cm³/mol. The first kappa shape index (κ1) is 17.3. The summed E-state index contributed by atoms with van der Waals surface area (Å²) < 4.78 is 11.0. The Bertz CT molecular complexity index is 461. The number of hydrogen-bond acceptors (Lipinski definition) is 4. The van der Waals surface area contributed by atoms with Gasteiger partial charge in [-0.25, -0.2) is 0 Å². The van der Waals surface area contributed by atoms with E-state index in [4.69, 9.17) is 9.47 Å². The van der Waals surface area contributed by atoms with E-state index < -0.39 is 6.10 Å². The molecule has 0 aliphatic rings. The monoisotopic (exact) mass is 294 g/mol. The van der Waals surface area contributed by atoms with Gasteiger partial charge in [0.05, 0.1) is 7.11 Å². The SMILES string of the molecule is CNCc1cc(OC)ccc1OC(C)C(=O)NCC(C)C. The third kappa shape index (κ3) is 5.63. The van der Waals surface area contributed by atoms with Gasteiger partial charge in [-0.2, -0.15) is 0 Å². The molecular weight excluding hydrogens is 268 g/mol. The van der Waals surface area contributed by atoms with Crippen molar-refractivity contribution in [3.63, 3.8) is 0 Å². The molecule has 0 radical (unpaired) electrons. The Morgan fingerprint density at radius 2 is 2.00 bits per heavy atom. The summed E-state index contributed by atoms with van der Waals surface area (Å²) in [5.41, 5.74) is 0.959. The van der Waals surface area contributed by atoms with Crippen LogP contribution in [0.3, 0.4) is 0 Å². The van der Waals surface area contributed by atoms with Crippen LogP contribution in [-0.4, -0.2) is 32.7 Å². The zero-order valence-electron chi connectivity index (χ0n) is 13.5. The summed E-state index contributed by atoms with van der Waals surface area (Å²) >= 11 is 0. The molecule has 0 aliphatic carbocycles. The molecule has 1 aromatic carbocycles. The number of rotatable bonds is 8. The second-order valence-corrected chi connectivity index (χ2v) is 5.40. The van der Waals surface area contributed by atoms with Crippen molar-refractivity contribution in [1.82, 2.24) is 10.6 Å². The summed E-state index contributed by atoms with van der Waals surface area (Å²) in [6, 6.07) is 5.57. The highest BCUT2D eigenvalue weighted by atomic mass is 16.5. The summed E-state index contributed by atoms with van der Waals surface area (Å²) in [4.78, 5) is 12.0. The van der Waals surface area contributed by atoms with Gasteiger partial charge >= 0.3 is 0 Å². The Kier molecular flexibility index (Phi) is 7.02. The third-order valence-corrected chi connectivity index (χ3v) is 2.99. The minimum absolute atomic E-state index is 0.102. The highest BCUT2D eigenvalue weighted by Crippen LogP contribution is 2.25. The van der Waals surface area contributed by atoms with Gasteiger partial charge < -0.3 is 20.1 Å². The number of benzene rings is 1. The summed E-state index contributed by atoms with van der Waals surface area (Å²) in [6.45, 7) is 7.16. The van der Waals surface area contributed by atoms with Gasteiger partial charge in [-0.3, -0.25) is 4.79 Å². The molecule has 0 aromatic heterocycles. The largest absolute Gasteiger partial charge is 0.497 e. The van der Waals surface area contributed by atoms with E-state index in [9.17, 15) is 4.79 Å². The molecule has 1 rings (SSSR count). The standard InChI is InChI=1S/C16H26N2O3/c1-11(2)9-18-16(19)12(3)21-15-7-6-14(20-5)8-13(15)10-17-4/h6-8,11-12,17H,9-10H2,1-5H3,(H,18,19). The van der Waals surface area contributed by atoms with E-state index in [1.807, 2.05) is 25.2 Å². The molecule has 0 aliphatic heterocycles. The minimum Gasteiger partial charge on any atom is -0.497 e. The summed E-state index contributed by atoms with van der Waals surface area (Å²) in [7, 11) is 3.49. The van der Waals surface area contributed by atoms with Gasteiger partial charge in [-0.1, -0.05) is 13.8 Å². The van der Waals surface area contributed by atoms with E-state index in [0.717, 1.165) is 11.3 Å². The molecule has 2 N–H and O–H groups in total. The lowest BCUT2D eigenvalue weighted by Gasteiger charge is -2.18. The number of carbonyl (C=O) groups excluding carboxylic acids is 1. The Hall–Kier alpha value is -1.75. The highest BCUT2D eigenvalue weighted by Gasteiger charge is 2.16. The second-order valence-electron chi connectivity index (χ2n) is 5.40. The predicted octanol–water partition coefficient (Wildman–Crippen LogP) is 1.95. The van der Waals surface area contributed by atoms with E-state index >= 15 is 0 Å². The van der Waals surface area contributed by atoms with Crippen molar-refractivity contribution in [2.24, 2.45) is 5.92 Å². The van der Waals surface area contributed by atoms with Crippen molar-refractivity contribution in [2.75, 3.05) is 20.7 Å². The van der Waals surface area contributed by atoms with Crippen LogP contribution in [-0.2, 0) is 11.3 Å². The van der Waals surface area contributed by atoms with Crippen LogP contribution in [0.1, 0.15) is 26.3 Å². The van der Waals surface area contributed by atoms with Crippen LogP contribution < -0.4 is 20.1 Å². The Morgan fingerprint density at radius 1 is 1.29 bits per heavy atom. The number of hydrogen-bond donors (Lipinski definition) is 2. The average Bonchev–Trinajstić information content (AvgIpc) is 2.46. The van der Waals surface area contributed by atoms with Gasteiger partial charge in [0.2, 0.25) is 0 Å². The zero-order valence-corrected chi connectivity index (χ0v) is 13.5. The molecule has 1 amide bonds. The fraction of sp³-hybridized carbons (Fsp3) is 0.562. The molecule has 5 nitrogen and oxygen atoms in total. The van der Waals surface area contributed by atoms with E-state index in [1.54, 1.807) is 14.0 Å². The third-order valence-electron chi connectivity index (χ3n) is 2.99. The molecule has 1 unspecified atom stereocenters. The van der Waals surface area contributed by atoms with E-state index in [1.165, 1.54) is 0 Å². The normalized spacial score (nSPS) is 12.1. The Labute approximate surface area is 127 Å². The fourth-order valence-corrected chi connectivity index (χ4v) is 1.82. The van der Waals surface area contributed by atoms with Gasteiger partial charge in [0.25, 0.3) is 5.91 Å². The van der Waals surface area contributed by atoms with Crippen LogP contribution in [0.5, 0.6) is 11.5 Å². The Morgan fingerprint density at radius 3 is 2.57 bits per heavy atom. The van der Waals surface area contributed by atoms with Crippen molar-refractivity contribution in [3.05, 3.63) is 23.8 Å². The summed E-state index contributed by atoms with van der Waals surface area (Å²) in [5, 5.41) is 5.95. The number of methoxy groups -OCH3 is 1. The Balaban J connectivity index is 2.74. The van der Waals surface area contributed by atoms with Crippen molar-refractivity contribution < 1.29 is 14.3 Å². The molecule has 1 atom stereocenters. The van der Waals surface area contributed by atoms with Crippen LogP contribution in [0.25, 0.3) is 0 Å². The van der Waals surface area contributed by atoms with Gasteiger partial charge in [-0.05, 0) is 38.1 Å². The highest BCUT2D eigenvalue weighted by molar-refractivity contribution is 5.80. The van der Waals surface area contributed by atoms with E-state index in [-0.39, 0.29) is 5.91 Å². The lowest BCUT2D eigenvalue weighted by molar-refractivity contribution is -0.127. The van der Waals surface area contributed by atoms with Crippen molar-refractivity contribution >= 4 is 5.91 Å². The van der Waals surface area contributed by atoms with Crippen LogP contribution >= 0.6 is 0 Å². The second kappa shape index (κ2) is 8.52. The van der Waals surface area contributed by atoms with E-state index in [2.05, 4.69) is 24.5 Å². The number of ether oxygens (including phenoxy) is 2. The fourth-order valence-electron chi connectivity index (χ4n) is 1.82. The molecular formula is C16H26N2O3. The van der Waals surface area contributed by atoms with Gasteiger partial charge in [0, 0.05) is 18.7 Å². The molecule has 0 saturated heterocycles. The average molecular weight is 294 g/mol. The number of nitrogens with one attached hydrogen (secondary N) is 2. The molecule has 0 fully saturated rings. The topological polar surface area (TPSA) is 59.6 Å². The first-order chi connectivity index (χ1) is 9.97. The van der Waals surface area contributed by atoms with Crippen molar-refractivity contribution in [2.45, 2.75) is 33.4 Å². The van der Waals surface area contributed by atoms with Gasteiger partial charge in [0.1, 0.15) is 11.5 Å². The molecule has 0 heterocycles. The minimum atomic E-state index is -0.534. The molecule has 118 valence electrons. The summed E-state index contributed by atoms with van der Waals surface area (Å²) in [5.74, 6) is 1.78. The van der Waals surface area contributed by atoms with Crippen LogP contribution in [0.15, 0.2) is 18.2 Å². The molecule has 5 heteroatoms.